The number of nitrogens with two attached hydrogens (primary N) is 1. The van der Waals surface area contributed by atoms with E-state index in [1.165, 1.54) is 12.4 Å². The lowest BCUT2D eigenvalue weighted by molar-refractivity contribution is -0.129. The van der Waals surface area contributed by atoms with E-state index < -0.39 is 0 Å². The molecular weight excluding hydrogens is 444 g/mol. The fourth-order valence-corrected chi connectivity index (χ4v) is 4.26. The number of hydrogen-bond acceptors (Lipinski definition) is 7. The molecule has 2 amide bonds. The number of pyridine rings is 1. The maximum atomic E-state index is 12.6. The largest absolute Gasteiger partial charge is 0.383 e. The van der Waals surface area contributed by atoms with E-state index in [9.17, 15) is 9.59 Å². The molecule has 176 valence electrons. The van der Waals surface area contributed by atoms with Crippen molar-refractivity contribution in [2.75, 3.05) is 18.1 Å². The first-order valence-corrected chi connectivity index (χ1v) is 11.2. The molecule has 1 fully saturated rings. The van der Waals surface area contributed by atoms with Crippen molar-refractivity contribution >= 4 is 34.5 Å². The molecular formula is C25H24N8O2. The molecule has 0 unspecified atom stereocenters. The molecule has 0 saturated heterocycles. The maximum Gasteiger partial charge on any atom is 0.256 e. The second-order valence-corrected chi connectivity index (χ2v) is 8.43. The van der Waals surface area contributed by atoms with Crippen LogP contribution in [-0.4, -0.2) is 54.5 Å². The number of aromatic nitrogens is 5. The molecule has 10 heteroatoms. The van der Waals surface area contributed by atoms with Crippen LogP contribution >= 0.6 is 0 Å². The Labute approximate surface area is 201 Å². The summed E-state index contributed by atoms with van der Waals surface area (Å²) < 4.78 is 1.87. The summed E-state index contributed by atoms with van der Waals surface area (Å²) in [7, 11) is 1.78. The van der Waals surface area contributed by atoms with Gasteiger partial charge in [0, 0.05) is 30.4 Å². The van der Waals surface area contributed by atoms with Crippen LogP contribution in [0.3, 0.4) is 0 Å². The second kappa shape index (κ2) is 8.98. The zero-order chi connectivity index (χ0) is 24.5. The predicted octanol–water partition coefficient (Wildman–Crippen LogP) is 3.07. The third-order valence-corrected chi connectivity index (χ3v) is 6.35. The van der Waals surface area contributed by atoms with Crippen LogP contribution in [-0.2, 0) is 4.79 Å². The molecule has 0 aliphatic heterocycles. The molecule has 1 saturated carbocycles. The van der Waals surface area contributed by atoms with Gasteiger partial charge in [-0.15, -0.1) is 0 Å². The lowest BCUT2D eigenvalue weighted by Crippen LogP contribution is -2.45. The number of hydrogen-bond donors (Lipinski definition) is 2. The highest BCUT2D eigenvalue weighted by Crippen LogP contribution is 2.39. The maximum absolute atomic E-state index is 12.6. The van der Waals surface area contributed by atoms with E-state index in [-0.39, 0.29) is 23.9 Å². The minimum atomic E-state index is -0.257. The van der Waals surface area contributed by atoms with E-state index in [2.05, 4.69) is 26.8 Å². The van der Waals surface area contributed by atoms with Gasteiger partial charge in [0.15, 0.2) is 5.65 Å². The average Bonchev–Trinajstić information content (AvgIpc) is 3.24. The number of fused-ring (bicyclic) bond motifs is 1. The number of nitrogens with zero attached hydrogens (tertiary/aromatic N) is 6. The van der Waals surface area contributed by atoms with Crippen LogP contribution in [0.4, 0.5) is 11.6 Å². The molecule has 4 aromatic rings. The van der Waals surface area contributed by atoms with Crippen molar-refractivity contribution in [1.82, 2.24) is 29.6 Å². The van der Waals surface area contributed by atoms with Crippen LogP contribution in [0.25, 0.3) is 22.3 Å². The number of likely N-dealkylation sites (N-methyl/N-ethyl adjacent to an activating group) is 1. The summed E-state index contributed by atoms with van der Waals surface area (Å²) in [6.45, 7) is 3.56. The molecule has 1 aliphatic rings. The van der Waals surface area contributed by atoms with Gasteiger partial charge in [-0.3, -0.25) is 9.59 Å². The Morgan fingerprint density at radius 3 is 2.60 bits per heavy atom. The van der Waals surface area contributed by atoms with Gasteiger partial charge in [0.25, 0.3) is 5.91 Å². The van der Waals surface area contributed by atoms with Gasteiger partial charge in [0.2, 0.25) is 5.91 Å². The normalized spacial score (nSPS) is 16.9. The van der Waals surface area contributed by atoms with Crippen LogP contribution in [0.5, 0.6) is 0 Å². The Kier molecular flexibility index (Phi) is 5.69. The second-order valence-electron chi connectivity index (χ2n) is 8.43. The van der Waals surface area contributed by atoms with Crippen LogP contribution in [0.15, 0.2) is 67.6 Å². The fraction of sp³-hybridized carbons (Fsp3) is 0.200. The number of carbonyl (C=O) groups excluding carboxylic acids is 2. The highest BCUT2D eigenvalue weighted by Gasteiger charge is 2.37. The average molecular weight is 469 g/mol. The molecule has 3 heterocycles. The molecule has 0 radical (unpaired) electrons. The number of anilines is 2. The van der Waals surface area contributed by atoms with Crippen molar-refractivity contribution in [3.05, 3.63) is 73.2 Å². The van der Waals surface area contributed by atoms with Crippen LogP contribution < -0.4 is 11.1 Å². The summed E-state index contributed by atoms with van der Waals surface area (Å²) in [5.41, 5.74) is 8.80. The predicted molar refractivity (Wildman–Crippen MR) is 132 cm³/mol. The van der Waals surface area contributed by atoms with Gasteiger partial charge in [-0.05, 0) is 43.2 Å². The summed E-state index contributed by atoms with van der Waals surface area (Å²) in [4.78, 5) is 38.9. The molecule has 35 heavy (non-hydrogen) atoms. The third kappa shape index (κ3) is 4.10. The van der Waals surface area contributed by atoms with Crippen molar-refractivity contribution in [2.24, 2.45) is 0 Å². The zero-order valence-corrected chi connectivity index (χ0v) is 19.1. The monoisotopic (exact) mass is 468 g/mol. The van der Waals surface area contributed by atoms with Crippen LogP contribution in [0.1, 0.15) is 29.2 Å². The van der Waals surface area contributed by atoms with Crippen LogP contribution in [0, 0.1) is 0 Å². The topological polar surface area (TPSA) is 132 Å². The minimum Gasteiger partial charge on any atom is -0.383 e. The van der Waals surface area contributed by atoms with Gasteiger partial charge in [0.1, 0.15) is 23.7 Å². The lowest BCUT2D eigenvalue weighted by atomic mass is 9.85. The van der Waals surface area contributed by atoms with Crippen molar-refractivity contribution in [2.45, 2.75) is 24.9 Å². The SMILES string of the molecule is C=CC(=O)N(C)C1CC(n2nc(-c3ccc(C(=O)Nc4ccccn4)cc3)c3c(N)ncnc32)C1. The zero-order valence-electron chi connectivity index (χ0n) is 19.1. The van der Waals surface area contributed by atoms with Gasteiger partial charge in [0.05, 0.1) is 11.4 Å². The molecule has 3 N–H and O–H groups in total. The summed E-state index contributed by atoms with van der Waals surface area (Å²) >= 11 is 0. The Balaban J connectivity index is 1.42. The van der Waals surface area contributed by atoms with E-state index >= 15 is 0 Å². The summed E-state index contributed by atoms with van der Waals surface area (Å²) in [6, 6.07) is 12.6. The summed E-state index contributed by atoms with van der Waals surface area (Å²) in [5.74, 6) is 0.462. The molecule has 0 bridgehead atoms. The Morgan fingerprint density at radius 2 is 1.91 bits per heavy atom. The van der Waals surface area contributed by atoms with E-state index in [0.717, 1.165) is 18.4 Å². The quantitative estimate of drug-likeness (QED) is 0.416. The molecule has 3 aromatic heterocycles. The number of nitrogens with one attached hydrogen (secondary N) is 1. The molecule has 10 nitrogen and oxygen atoms in total. The molecule has 5 rings (SSSR count). The molecule has 0 atom stereocenters. The van der Waals surface area contributed by atoms with E-state index in [0.29, 0.717) is 33.9 Å². The number of rotatable bonds is 6. The van der Waals surface area contributed by atoms with E-state index in [4.69, 9.17) is 10.8 Å². The summed E-state index contributed by atoms with van der Waals surface area (Å²) in [6.07, 6.45) is 5.87. The van der Waals surface area contributed by atoms with Gasteiger partial charge in [-0.1, -0.05) is 24.8 Å². The molecule has 0 spiro atoms. The van der Waals surface area contributed by atoms with Gasteiger partial charge in [-0.2, -0.15) is 5.10 Å². The fourth-order valence-electron chi connectivity index (χ4n) is 4.26. The Hall–Kier alpha value is -4.60. The first-order valence-electron chi connectivity index (χ1n) is 11.2. The first kappa shape index (κ1) is 22.2. The van der Waals surface area contributed by atoms with E-state index in [1.54, 1.807) is 48.5 Å². The highest BCUT2D eigenvalue weighted by molar-refractivity contribution is 6.04. The third-order valence-electron chi connectivity index (χ3n) is 6.35. The van der Waals surface area contributed by atoms with Gasteiger partial charge in [-0.25, -0.2) is 19.6 Å². The van der Waals surface area contributed by atoms with Crippen molar-refractivity contribution in [3.63, 3.8) is 0 Å². The van der Waals surface area contributed by atoms with Crippen molar-refractivity contribution < 1.29 is 9.59 Å². The first-order chi connectivity index (χ1) is 17.0. The Bertz CT molecular complexity index is 1410. The smallest absolute Gasteiger partial charge is 0.256 e. The number of nitrogen functional groups attached to an aromatic ring is 1. The van der Waals surface area contributed by atoms with Crippen LogP contribution in [0.2, 0.25) is 0 Å². The molecule has 1 aliphatic carbocycles. The lowest BCUT2D eigenvalue weighted by Gasteiger charge is -2.40. The van der Waals surface area contributed by atoms with Crippen molar-refractivity contribution in [3.8, 4) is 11.3 Å². The minimum absolute atomic E-state index is 0.0778. The van der Waals surface area contributed by atoms with Gasteiger partial charge >= 0.3 is 0 Å². The number of benzene rings is 1. The molecule has 1 aromatic carbocycles. The van der Waals surface area contributed by atoms with Crippen molar-refractivity contribution in [1.29, 1.82) is 0 Å². The Morgan fingerprint density at radius 1 is 1.14 bits per heavy atom. The standard InChI is InChI=1S/C25H24N8O2/c1-3-20(34)32(2)17-12-18(13-17)33-24-21(23(26)28-14-29-24)22(31-33)15-7-9-16(10-8-15)25(35)30-19-6-4-5-11-27-19/h3-11,14,17-18H,1,12-13H2,2H3,(H2,26,28,29)(H,27,30,35). The summed E-state index contributed by atoms with van der Waals surface area (Å²) in [5, 5.41) is 8.28. The highest BCUT2D eigenvalue weighted by atomic mass is 16.2. The van der Waals surface area contributed by atoms with E-state index in [1.807, 2.05) is 16.8 Å². The number of carbonyl (C=O) groups is 2. The number of amides is 2. The van der Waals surface area contributed by atoms with Gasteiger partial charge < -0.3 is 16.0 Å².